The normalized spacial score (nSPS) is 13.7. The zero-order valence-electron chi connectivity index (χ0n) is 12.8. The van der Waals surface area contributed by atoms with Crippen molar-refractivity contribution in [2.24, 2.45) is 0 Å². The molecule has 3 rings (SSSR count). The highest BCUT2D eigenvalue weighted by Gasteiger charge is 2.26. The predicted molar refractivity (Wildman–Crippen MR) is 85.5 cm³/mol. The van der Waals surface area contributed by atoms with E-state index in [1.807, 2.05) is 47.0 Å². The van der Waals surface area contributed by atoms with Crippen LogP contribution in [-0.2, 0) is 16.9 Å². The Morgan fingerprint density at radius 3 is 2.70 bits per heavy atom. The number of nitrogens with zero attached hydrogens (tertiary/aromatic N) is 3. The Morgan fingerprint density at radius 2 is 1.91 bits per heavy atom. The van der Waals surface area contributed by atoms with Gasteiger partial charge in [-0.3, -0.25) is 9.20 Å². The van der Waals surface area contributed by atoms with Crippen molar-refractivity contribution in [3.8, 4) is 0 Å². The summed E-state index contributed by atoms with van der Waals surface area (Å²) in [5.41, 5.74) is 0.231. The van der Waals surface area contributed by atoms with Crippen LogP contribution in [0.15, 0.2) is 54.7 Å². The van der Waals surface area contributed by atoms with Crippen LogP contribution in [0.3, 0.4) is 0 Å². The Bertz CT molecular complexity index is 812. The van der Waals surface area contributed by atoms with Gasteiger partial charge in [-0.25, -0.2) is 0 Å². The van der Waals surface area contributed by atoms with E-state index in [0.29, 0.717) is 11.4 Å². The minimum Gasteiger partial charge on any atom is -0.385 e. The average molecular weight is 310 g/mol. The Labute approximate surface area is 133 Å². The van der Waals surface area contributed by atoms with Gasteiger partial charge in [0.2, 0.25) is 5.91 Å². The van der Waals surface area contributed by atoms with Crippen molar-refractivity contribution in [2.45, 2.75) is 25.5 Å². The van der Waals surface area contributed by atoms with Crippen LogP contribution in [0.25, 0.3) is 5.65 Å². The van der Waals surface area contributed by atoms with Crippen molar-refractivity contribution in [2.75, 3.05) is 0 Å². The lowest BCUT2D eigenvalue weighted by atomic mass is 9.92. The summed E-state index contributed by atoms with van der Waals surface area (Å²) in [6, 6.07) is 14.8. The zero-order valence-corrected chi connectivity index (χ0v) is 12.8. The minimum absolute atomic E-state index is 0.0201. The van der Waals surface area contributed by atoms with Crippen LogP contribution in [0.4, 0.5) is 0 Å². The molecule has 2 N–H and O–H groups in total. The number of hydrogen-bond acceptors (Lipinski definition) is 4. The van der Waals surface area contributed by atoms with Gasteiger partial charge in [-0.15, -0.1) is 10.2 Å². The van der Waals surface area contributed by atoms with E-state index in [9.17, 15) is 9.90 Å². The maximum atomic E-state index is 12.1. The fourth-order valence-electron chi connectivity index (χ4n) is 2.46. The molecule has 118 valence electrons. The molecule has 0 aliphatic heterocycles. The molecule has 2 aromatic heterocycles. The molecule has 0 saturated carbocycles. The molecule has 0 spiro atoms. The van der Waals surface area contributed by atoms with E-state index in [1.54, 1.807) is 19.1 Å². The van der Waals surface area contributed by atoms with Crippen molar-refractivity contribution in [1.29, 1.82) is 0 Å². The van der Waals surface area contributed by atoms with Crippen molar-refractivity contribution < 1.29 is 9.90 Å². The molecule has 1 atom stereocenters. The summed E-state index contributed by atoms with van der Waals surface area (Å²) in [5.74, 6) is 0.403. The van der Waals surface area contributed by atoms with E-state index in [0.717, 1.165) is 5.65 Å². The first kappa shape index (κ1) is 15.2. The molecular formula is C17H18N4O2. The van der Waals surface area contributed by atoms with E-state index in [-0.39, 0.29) is 18.9 Å². The number of pyridine rings is 1. The highest BCUT2D eigenvalue weighted by atomic mass is 16.3. The largest absolute Gasteiger partial charge is 0.385 e. The average Bonchev–Trinajstić information content (AvgIpc) is 2.97. The SMILES string of the molecule is CC(O)(CC(=O)NCc1nnc2ccccn12)c1ccccc1. The van der Waals surface area contributed by atoms with Gasteiger partial charge in [-0.1, -0.05) is 36.4 Å². The Morgan fingerprint density at radius 1 is 1.17 bits per heavy atom. The van der Waals surface area contributed by atoms with Gasteiger partial charge in [-0.2, -0.15) is 0 Å². The van der Waals surface area contributed by atoms with Gasteiger partial charge in [0, 0.05) is 6.20 Å². The summed E-state index contributed by atoms with van der Waals surface area (Å²) in [6.45, 7) is 1.89. The van der Waals surface area contributed by atoms with Gasteiger partial charge < -0.3 is 10.4 Å². The second-order valence-corrected chi connectivity index (χ2v) is 5.64. The Hall–Kier alpha value is -2.73. The second kappa shape index (κ2) is 6.18. The fraction of sp³-hybridized carbons (Fsp3) is 0.235. The van der Waals surface area contributed by atoms with Crippen molar-refractivity contribution in [3.63, 3.8) is 0 Å². The smallest absolute Gasteiger partial charge is 0.223 e. The molecule has 6 nitrogen and oxygen atoms in total. The van der Waals surface area contributed by atoms with Gasteiger partial charge in [0.15, 0.2) is 11.5 Å². The summed E-state index contributed by atoms with van der Waals surface area (Å²) >= 11 is 0. The number of aromatic nitrogens is 3. The highest BCUT2D eigenvalue weighted by Crippen LogP contribution is 2.23. The van der Waals surface area contributed by atoms with E-state index in [1.165, 1.54) is 0 Å². The lowest BCUT2D eigenvalue weighted by Crippen LogP contribution is -2.32. The summed E-state index contributed by atoms with van der Waals surface area (Å²) in [7, 11) is 0. The Kier molecular flexibility index (Phi) is 4.08. The van der Waals surface area contributed by atoms with E-state index in [4.69, 9.17) is 0 Å². The number of benzene rings is 1. The first-order valence-electron chi connectivity index (χ1n) is 7.39. The van der Waals surface area contributed by atoms with E-state index in [2.05, 4.69) is 15.5 Å². The maximum absolute atomic E-state index is 12.1. The first-order chi connectivity index (χ1) is 11.1. The Balaban J connectivity index is 1.64. The summed E-state index contributed by atoms with van der Waals surface area (Å²) < 4.78 is 1.82. The second-order valence-electron chi connectivity index (χ2n) is 5.64. The van der Waals surface area contributed by atoms with Crippen LogP contribution in [0.5, 0.6) is 0 Å². The van der Waals surface area contributed by atoms with Crippen molar-refractivity contribution in [1.82, 2.24) is 19.9 Å². The molecule has 1 unspecified atom stereocenters. The number of aliphatic hydroxyl groups is 1. The molecule has 23 heavy (non-hydrogen) atoms. The van der Waals surface area contributed by atoms with Gasteiger partial charge in [0.1, 0.15) is 0 Å². The third kappa shape index (κ3) is 3.37. The third-order valence-electron chi connectivity index (χ3n) is 3.73. The summed E-state index contributed by atoms with van der Waals surface area (Å²) in [5, 5.41) is 21.4. The predicted octanol–water partition coefficient (Wildman–Crippen LogP) is 1.64. The fourth-order valence-corrected chi connectivity index (χ4v) is 2.46. The van der Waals surface area contributed by atoms with Gasteiger partial charge in [0.05, 0.1) is 18.6 Å². The molecule has 0 saturated heterocycles. The topological polar surface area (TPSA) is 79.5 Å². The molecular weight excluding hydrogens is 292 g/mol. The van der Waals surface area contributed by atoms with Crippen LogP contribution in [0, 0.1) is 0 Å². The third-order valence-corrected chi connectivity index (χ3v) is 3.73. The molecule has 1 amide bonds. The number of amides is 1. The lowest BCUT2D eigenvalue weighted by Gasteiger charge is -2.23. The van der Waals surface area contributed by atoms with Gasteiger partial charge in [0.25, 0.3) is 0 Å². The highest BCUT2D eigenvalue weighted by molar-refractivity contribution is 5.77. The summed E-state index contributed by atoms with van der Waals surface area (Å²) in [4.78, 5) is 12.1. The first-order valence-corrected chi connectivity index (χ1v) is 7.39. The maximum Gasteiger partial charge on any atom is 0.223 e. The molecule has 0 aliphatic carbocycles. The zero-order chi connectivity index (χ0) is 16.3. The van der Waals surface area contributed by atoms with Crippen molar-refractivity contribution in [3.05, 3.63) is 66.1 Å². The van der Waals surface area contributed by atoms with Gasteiger partial charge >= 0.3 is 0 Å². The molecule has 0 aliphatic rings. The van der Waals surface area contributed by atoms with Crippen LogP contribution in [0.1, 0.15) is 24.7 Å². The number of carbonyl (C=O) groups excluding carboxylic acids is 1. The lowest BCUT2D eigenvalue weighted by molar-refractivity contribution is -0.126. The molecule has 1 aromatic carbocycles. The molecule has 3 aromatic rings. The molecule has 0 fully saturated rings. The van der Waals surface area contributed by atoms with Crippen LogP contribution in [-0.4, -0.2) is 25.6 Å². The van der Waals surface area contributed by atoms with Gasteiger partial charge in [-0.05, 0) is 24.6 Å². The molecule has 2 heterocycles. The molecule has 0 radical (unpaired) electrons. The number of rotatable bonds is 5. The van der Waals surface area contributed by atoms with Crippen LogP contribution >= 0.6 is 0 Å². The van der Waals surface area contributed by atoms with E-state index < -0.39 is 5.60 Å². The number of nitrogens with one attached hydrogen (secondary N) is 1. The molecule has 0 bridgehead atoms. The van der Waals surface area contributed by atoms with Crippen LogP contribution < -0.4 is 5.32 Å². The number of hydrogen-bond donors (Lipinski definition) is 2. The van der Waals surface area contributed by atoms with E-state index >= 15 is 0 Å². The standard InChI is InChI=1S/C17H18N4O2/c1-17(23,13-7-3-2-4-8-13)11-16(22)18-12-15-20-19-14-9-5-6-10-21(14)15/h2-10,23H,11-12H2,1H3,(H,18,22). The monoisotopic (exact) mass is 310 g/mol. The van der Waals surface area contributed by atoms with Crippen LogP contribution in [0.2, 0.25) is 0 Å². The number of fused-ring (bicyclic) bond motifs is 1. The number of carbonyl (C=O) groups is 1. The quantitative estimate of drug-likeness (QED) is 0.751. The summed E-state index contributed by atoms with van der Waals surface area (Å²) in [6.07, 6.45) is 1.82. The minimum atomic E-state index is -1.21. The molecule has 6 heteroatoms. The van der Waals surface area contributed by atoms with Crippen molar-refractivity contribution >= 4 is 11.6 Å².